The Balaban J connectivity index is 2.74. The number of unbranched alkanes of at least 4 members (excludes halogenated alkanes) is 1. The molecule has 2 nitrogen and oxygen atoms in total. The highest BCUT2D eigenvalue weighted by Gasteiger charge is 2.20. The van der Waals surface area contributed by atoms with Gasteiger partial charge in [-0.3, -0.25) is 4.79 Å². The summed E-state index contributed by atoms with van der Waals surface area (Å²) in [7, 11) is 0. The van der Waals surface area contributed by atoms with Crippen LogP contribution in [-0.2, 0) is 9.53 Å². The smallest absolute Gasteiger partial charge is 0.313 e. The SMILES string of the molecule is CCCCC(C(=O)OCC)c1ccccc1. The first-order chi connectivity index (χ1) is 7.79. The molecule has 1 unspecified atom stereocenters. The van der Waals surface area contributed by atoms with Gasteiger partial charge in [-0.1, -0.05) is 50.1 Å². The summed E-state index contributed by atoms with van der Waals surface area (Å²) in [6.07, 6.45) is 3.03. The van der Waals surface area contributed by atoms with E-state index >= 15 is 0 Å². The van der Waals surface area contributed by atoms with Gasteiger partial charge in [-0.2, -0.15) is 0 Å². The van der Waals surface area contributed by atoms with Crippen molar-refractivity contribution in [2.75, 3.05) is 6.61 Å². The fourth-order valence-electron chi connectivity index (χ4n) is 1.76. The lowest BCUT2D eigenvalue weighted by atomic mass is 9.94. The first-order valence-electron chi connectivity index (χ1n) is 6.01. The summed E-state index contributed by atoms with van der Waals surface area (Å²) in [5.74, 6) is -0.191. The Labute approximate surface area is 97.6 Å². The van der Waals surface area contributed by atoms with Crippen LogP contribution in [0.1, 0.15) is 44.6 Å². The van der Waals surface area contributed by atoms with Crippen LogP contribution in [0.4, 0.5) is 0 Å². The van der Waals surface area contributed by atoms with Crippen LogP contribution in [-0.4, -0.2) is 12.6 Å². The van der Waals surface area contributed by atoms with Gasteiger partial charge < -0.3 is 4.74 Å². The standard InChI is InChI=1S/C14H20O2/c1-3-5-11-13(14(15)16-4-2)12-9-7-6-8-10-12/h6-10,13H,3-5,11H2,1-2H3. The number of hydrogen-bond acceptors (Lipinski definition) is 2. The topological polar surface area (TPSA) is 26.3 Å². The predicted octanol–water partition coefficient (Wildman–Crippen LogP) is 3.52. The van der Waals surface area contributed by atoms with Crippen LogP contribution >= 0.6 is 0 Å². The molecule has 0 aromatic heterocycles. The largest absolute Gasteiger partial charge is 0.466 e. The summed E-state index contributed by atoms with van der Waals surface area (Å²) in [5, 5.41) is 0. The fraction of sp³-hybridized carbons (Fsp3) is 0.500. The minimum atomic E-state index is -0.0962. The molecule has 0 N–H and O–H groups in total. The lowest BCUT2D eigenvalue weighted by Gasteiger charge is -2.15. The lowest BCUT2D eigenvalue weighted by molar-refractivity contribution is -0.145. The van der Waals surface area contributed by atoms with Gasteiger partial charge in [0.15, 0.2) is 0 Å². The first kappa shape index (κ1) is 12.8. The van der Waals surface area contributed by atoms with Crippen LogP contribution in [0.25, 0.3) is 0 Å². The van der Waals surface area contributed by atoms with Crippen molar-refractivity contribution in [3.8, 4) is 0 Å². The quantitative estimate of drug-likeness (QED) is 0.686. The average Bonchev–Trinajstić information content (AvgIpc) is 2.31. The van der Waals surface area contributed by atoms with Crippen LogP contribution < -0.4 is 0 Å². The van der Waals surface area contributed by atoms with Gasteiger partial charge in [0, 0.05) is 0 Å². The molecule has 1 rings (SSSR count). The second kappa shape index (κ2) is 7.04. The minimum absolute atomic E-state index is 0.0952. The number of benzene rings is 1. The summed E-state index contributed by atoms with van der Waals surface area (Å²) in [4.78, 5) is 11.8. The van der Waals surface area contributed by atoms with Crippen molar-refractivity contribution >= 4 is 5.97 Å². The second-order valence-corrected chi connectivity index (χ2v) is 3.86. The minimum Gasteiger partial charge on any atom is -0.466 e. The van der Waals surface area contributed by atoms with Gasteiger partial charge >= 0.3 is 5.97 Å². The molecular formula is C14H20O2. The third-order valence-electron chi connectivity index (χ3n) is 2.62. The molecule has 0 saturated carbocycles. The van der Waals surface area contributed by atoms with Crippen LogP contribution in [0.15, 0.2) is 30.3 Å². The predicted molar refractivity (Wildman–Crippen MR) is 65.3 cm³/mol. The number of esters is 1. The average molecular weight is 220 g/mol. The van der Waals surface area contributed by atoms with Crippen molar-refractivity contribution in [3.63, 3.8) is 0 Å². The second-order valence-electron chi connectivity index (χ2n) is 3.86. The van der Waals surface area contributed by atoms with Crippen LogP contribution in [0.5, 0.6) is 0 Å². The lowest BCUT2D eigenvalue weighted by Crippen LogP contribution is -2.16. The molecule has 0 amide bonds. The van der Waals surface area contributed by atoms with Gasteiger partial charge in [0.2, 0.25) is 0 Å². The van der Waals surface area contributed by atoms with Crippen LogP contribution in [0, 0.1) is 0 Å². The maximum absolute atomic E-state index is 11.8. The Morgan fingerprint density at radius 3 is 2.50 bits per heavy atom. The molecule has 0 saturated heterocycles. The van der Waals surface area contributed by atoms with E-state index in [1.165, 1.54) is 0 Å². The molecule has 0 aliphatic heterocycles. The van der Waals surface area contributed by atoms with E-state index in [2.05, 4.69) is 6.92 Å². The van der Waals surface area contributed by atoms with Crippen molar-refractivity contribution < 1.29 is 9.53 Å². The molecule has 0 fully saturated rings. The van der Waals surface area contributed by atoms with Crippen molar-refractivity contribution in [3.05, 3.63) is 35.9 Å². The van der Waals surface area contributed by atoms with Crippen molar-refractivity contribution in [2.45, 2.75) is 39.0 Å². The van der Waals surface area contributed by atoms with E-state index in [-0.39, 0.29) is 11.9 Å². The molecular weight excluding hydrogens is 200 g/mol. The van der Waals surface area contributed by atoms with E-state index < -0.39 is 0 Å². The van der Waals surface area contributed by atoms with E-state index in [4.69, 9.17) is 4.74 Å². The van der Waals surface area contributed by atoms with E-state index in [1.807, 2.05) is 37.3 Å². The third-order valence-corrected chi connectivity index (χ3v) is 2.62. The summed E-state index contributed by atoms with van der Waals surface area (Å²) in [6, 6.07) is 9.89. The Kier molecular flexibility index (Phi) is 5.62. The zero-order valence-electron chi connectivity index (χ0n) is 10.1. The maximum atomic E-state index is 11.8. The van der Waals surface area contributed by atoms with E-state index in [0.29, 0.717) is 6.61 Å². The molecule has 88 valence electrons. The van der Waals surface area contributed by atoms with E-state index in [9.17, 15) is 4.79 Å². The highest BCUT2D eigenvalue weighted by molar-refractivity contribution is 5.78. The van der Waals surface area contributed by atoms with Gasteiger partial charge in [-0.15, -0.1) is 0 Å². The molecule has 16 heavy (non-hydrogen) atoms. The number of ether oxygens (including phenoxy) is 1. The normalized spacial score (nSPS) is 12.1. The molecule has 2 heteroatoms. The molecule has 1 atom stereocenters. The summed E-state index contributed by atoms with van der Waals surface area (Å²) in [5.41, 5.74) is 1.06. The van der Waals surface area contributed by atoms with Crippen molar-refractivity contribution in [2.24, 2.45) is 0 Å². The summed E-state index contributed by atoms with van der Waals surface area (Å²) in [6.45, 7) is 4.43. The summed E-state index contributed by atoms with van der Waals surface area (Å²) >= 11 is 0. The molecule has 1 aromatic rings. The Hall–Kier alpha value is -1.31. The monoisotopic (exact) mass is 220 g/mol. The van der Waals surface area contributed by atoms with E-state index in [0.717, 1.165) is 24.8 Å². The molecule has 0 heterocycles. The Morgan fingerprint density at radius 1 is 1.25 bits per heavy atom. The number of rotatable bonds is 6. The Morgan fingerprint density at radius 2 is 1.94 bits per heavy atom. The van der Waals surface area contributed by atoms with Gasteiger partial charge in [0.05, 0.1) is 12.5 Å². The number of carbonyl (C=O) groups is 1. The van der Waals surface area contributed by atoms with Gasteiger partial charge in [-0.25, -0.2) is 0 Å². The van der Waals surface area contributed by atoms with Crippen LogP contribution in [0.2, 0.25) is 0 Å². The molecule has 1 aromatic carbocycles. The van der Waals surface area contributed by atoms with Gasteiger partial charge in [-0.05, 0) is 18.9 Å². The first-order valence-corrected chi connectivity index (χ1v) is 6.01. The number of hydrogen-bond donors (Lipinski definition) is 0. The highest BCUT2D eigenvalue weighted by Crippen LogP contribution is 2.23. The fourth-order valence-corrected chi connectivity index (χ4v) is 1.76. The molecule has 0 aliphatic carbocycles. The summed E-state index contributed by atoms with van der Waals surface area (Å²) < 4.78 is 5.12. The van der Waals surface area contributed by atoms with Gasteiger partial charge in [0.25, 0.3) is 0 Å². The Bertz CT molecular complexity index is 306. The highest BCUT2D eigenvalue weighted by atomic mass is 16.5. The zero-order chi connectivity index (χ0) is 11.8. The third kappa shape index (κ3) is 3.69. The van der Waals surface area contributed by atoms with Crippen LogP contribution in [0.3, 0.4) is 0 Å². The van der Waals surface area contributed by atoms with Gasteiger partial charge in [0.1, 0.15) is 0 Å². The van der Waals surface area contributed by atoms with E-state index in [1.54, 1.807) is 0 Å². The molecule has 0 aliphatic rings. The molecule has 0 spiro atoms. The van der Waals surface area contributed by atoms with Crippen molar-refractivity contribution in [1.82, 2.24) is 0 Å². The van der Waals surface area contributed by atoms with Crippen molar-refractivity contribution in [1.29, 1.82) is 0 Å². The molecule has 0 bridgehead atoms. The molecule has 0 radical (unpaired) electrons. The number of carbonyl (C=O) groups excluding carboxylic acids is 1. The zero-order valence-corrected chi connectivity index (χ0v) is 10.1. The maximum Gasteiger partial charge on any atom is 0.313 e.